The summed E-state index contributed by atoms with van der Waals surface area (Å²) in [6.45, 7) is 8.63. The van der Waals surface area contributed by atoms with E-state index in [1.807, 2.05) is 18.7 Å². The Morgan fingerprint density at radius 3 is 2.33 bits per heavy atom. The van der Waals surface area contributed by atoms with Gasteiger partial charge >= 0.3 is 6.03 Å². The normalized spacial score (nSPS) is 22.6. The molecule has 1 aromatic rings. The smallest absolute Gasteiger partial charge is 0.334 e. The number of amides is 4. The van der Waals surface area contributed by atoms with Gasteiger partial charge in [0.05, 0.1) is 13.1 Å². The van der Waals surface area contributed by atoms with E-state index >= 15 is 0 Å². The first kappa shape index (κ1) is 25.0. The number of halogens is 1. The molecule has 0 spiro atoms. The number of rotatable bonds is 7. The van der Waals surface area contributed by atoms with Crippen LogP contribution in [0.2, 0.25) is 0 Å². The van der Waals surface area contributed by atoms with E-state index in [1.54, 1.807) is 34.1 Å². The standard InChI is InChI=1S/C24H36FN5O3/c1-6-16(4)22-23(32)28(19(7-2)8-3)14-20-29(22)21(31)15-27(5)30(20)24(33)26-13-17-9-11-18(25)12-10-17/h9-12,16,19-20,22H,6-8,13-15H2,1-5H3,(H,26,33)/t16?,20-,22-/m0/s1. The number of nitrogens with one attached hydrogen (secondary N) is 1. The molecule has 0 saturated carbocycles. The van der Waals surface area contributed by atoms with E-state index in [0.29, 0.717) is 0 Å². The minimum atomic E-state index is -0.594. The summed E-state index contributed by atoms with van der Waals surface area (Å²) in [5.74, 6) is -0.542. The number of benzene rings is 1. The molecule has 2 fully saturated rings. The topological polar surface area (TPSA) is 76.2 Å². The Labute approximate surface area is 195 Å². The van der Waals surface area contributed by atoms with E-state index in [2.05, 4.69) is 19.2 Å². The highest BCUT2D eigenvalue weighted by Gasteiger charge is 2.52. The zero-order chi connectivity index (χ0) is 24.3. The number of carbonyl (C=O) groups excluding carboxylic acids is 3. The molecule has 1 unspecified atom stereocenters. The van der Waals surface area contributed by atoms with Crippen molar-refractivity contribution in [1.82, 2.24) is 25.1 Å². The third-order valence-electron chi connectivity index (χ3n) is 6.95. The second-order valence-electron chi connectivity index (χ2n) is 9.02. The van der Waals surface area contributed by atoms with Gasteiger partial charge in [-0.15, -0.1) is 0 Å². The van der Waals surface area contributed by atoms with Crippen molar-refractivity contribution in [2.24, 2.45) is 5.92 Å². The summed E-state index contributed by atoms with van der Waals surface area (Å²) < 4.78 is 13.2. The molecule has 1 aromatic carbocycles. The van der Waals surface area contributed by atoms with Gasteiger partial charge in [-0.1, -0.05) is 46.2 Å². The van der Waals surface area contributed by atoms with Gasteiger partial charge < -0.3 is 15.1 Å². The SMILES string of the molecule is CCC(C)[C@H]1C(=O)N(C(CC)CC)C[C@H]2N1C(=O)CN(C)N2C(=O)NCc1ccc(F)cc1. The van der Waals surface area contributed by atoms with E-state index in [4.69, 9.17) is 0 Å². The second kappa shape index (κ2) is 10.5. The van der Waals surface area contributed by atoms with Gasteiger partial charge in [0.15, 0.2) is 0 Å². The van der Waals surface area contributed by atoms with Gasteiger partial charge in [-0.2, -0.15) is 0 Å². The van der Waals surface area contributed by atoms with E-state index in [1.165, 1.54) is 12.1 Å². The maximum atomic E-state index is 13.6. The summed E-state index contributed by atoms with van der Waals surface area (Å²) in [7, 11) is 1.71. The number of nitrogens with zero attached hydrogens (tertiary/aromatic N) is 4. The zero-order valence-corrected chi connectivity index (χ0v) is 20.3. The average Bonchev–Trinajstić information content (AvgIpc) is 2.79. The van der Waals surface area contributed by atoms with E-state index in [-0.39, 0.29) is 55.3 Å². The minimum absolute atomic E-state index is 0.0195. The Morgan fingerprint density at radius 2 is 1.76 bits per heavy atom. The molecule has 3 atom stereocenters. The molecule has 4 amide bonds. The number of likely N-dealkylation sites (N-methyl/N-ethyl adjacent to an activating group) is 1. The third kappa shape index (κ3) is 4.98. The summed E-state index contributed by atoms with van der Waals surface area (Å²) in [5, 5.41) is 6.07. The van der Waals surface area contributed by atoms with Crippen LogP contribution in [0.1, 0.15) is 52.5 Å². The van der Waals surface area contributed by atoms with Gasteiger partial charge in [0.1, 0.15) is 18.0 Å². The first-order chi connectivity index (χ1) is 15.7. The molecule has 0 aromatic heterocycles. The molecule has 33 heavy (non-hydrogen) atoms. The lowest BCUT2D eigenvalue weighted by Gasteiger charge is -2.56. The van der Waals surface area contributed by atoms with Crippen molar-refractivity contribution in [2.45, 2.75) is 71.8 Å². The van der Waals surface area contributed by atoms with Crippen molar-refractivity contribution in [3.05, 3.63) is 35.6 Å². The van der Waals surface area contributed by atoms with Gasteiger partial charge in [0, 0.05) is 19.6 Å². The second-order valence-corrected chi connectivity index (χ2v) is 9.02. The molecular weight excluding hydrogens is 425 g/mol. The fourth-order valence-electron chi connectivity index (χ4n) is 4.88. The highest BCUT2D eigenvalue weighted by atomic mass is 19.1. The first-order valence-corrected chi connectivity index (χ1v) is 11.9. The molecule has 1 N–H and O–H groups in total. The number of carbonyl (C=O) groups is 3. The molecule has 2 aliphatic rings. The molecule has 9 heteroatoms. The molecular formula is C24H36FN5O3. The Hall–Kier alpha value is -2.68. The van der Waals surface area contributed by atoms with Crippen molar-refractivity contribution >= 4 is 17.8 Å². The number of hydrogen-bond donors (Lipinski definition) is 1. The highest BCUT2D eigenvalue weighted by Crippen LogP contribution is 2.32. The Morgan fingerprint density at radius 1 is 1.12 bits per heavy atom. The Balaban J connectivity index is 1.90. The largest absolute Gasteiger partial charge is 0.334 e. The van der Waals surface area contributed by atoms with E-state index in [0.717, 1.165) is 24.8 Å². The van der Waals surface area contributed by atoms with Gasteiger partial charge in [-0.05, 0) is 36.5 Å². The van der Waals surface area contributed by atoms with Crippen LogP contribution < -0.4 is 5.32 Å². The summed E-state index contributed by atoms with van der Waals surface area (Å²) in [6, 6.07) is 5.06. The van der Waals surface area contributed by atoms with Crippen molar-refractivity contribution in [3.63, 3.8) is 0 Å². The summed E-state index contributed by atoms with van der Waals surface area (Å²) >= 11 is 0. The molecule has 2 heterocycles. The molecule has 2 aliphatic heterocycles. The summed E-state index contributed by atoms with van der Waals surface area (Å²) in [4.78, 5) is 43.5. The zero-order valence-electron chi connectivity index (χ0n) is 20.3. The molecule has 2 saturated heterocycles. The van der Waals surface area contributed by atoms with Crippen LogP contribution in [-0.2, 0) is 16.1 Å². The quantitative estimate of drug-likeness (QED) is 0.678. The monoisotopic (exact) mass is 461 g/mol. The first-order valence-electron chi connectivity index (χ1n) is 11.9. The van der Waals surface area contributed by atoms with E-state index < -0.39 is 12.2 Å². The van der Waals surface area contributed by atoms with Crippen LogP contribution in [0.4, 0.5) is 9.18 Å². The van der Waals surface area contributed by atoms with Crippen LogP contribution >= 0.6 is 0 Å². The molecule has 0 radical (unpaired) electrons. The van der Waals surface area contributed by atoms with Crippen molar-refractivity contribution < 1.29 is 18.8 Å². The number of piperazine rings is 1. The van der Waals surface area contributed by atoms with Gasteiger partial charge in [-0.25, -0.2) is 19.2 Å². The van der Waals surface area contributed by atoms with Crippen molar-refractivity contribution in [1.29, 1.82) is 0 Å². The summed E-state index contributed by atoms with van der Waals surface area (Å²) in [5.41, 5.74) is 0.771. The molecule has 182 valence electrons. The predicted octanol–water partition coefficient (Wildman–Crippen LogP) is 2.80. The summed E-state index contributed by atoms with van der Waals surface area (Å²) in [6.07, 6.45) is 1.78. The van der Waals surface area contributed by atoms with Gasteiger partial charge in [-0.3, -0.25) is 9.59 Å². The lowest BCUT2D eigenvalue weighted by molar-refractivity contribution is -0.192. The maximum Gasteiger partial charge on any atom is 0.334 e. The molecule has 3 rings (SSSR count). The van der Waals surface area contributed by atoms with Crippen LogP contribution in [0.25, 0.3) is 0 Å². The average molecular weight is 462 g/mol. The van der Waals surface area contributed by atoms with Crippen LogP contribution in [0.5, 0.6) is 0 Å². The van der Waals surface area contributed by atoms with Crippen LogP contribution in [0.15, 0.2) is 24.3 Å². The minimum Gasteiger partial charge on any atom is -0.334 e. The van der Waals surface area contributed by atoms with Gasteiger partial charge in [0.25, 0.3) is 0 Å². The van der Waals surface area contributed by atoms with Crippen LogP contribution in [-0.4, -0.2) is 76.0 Å². The van der Waals surface area contributed by atoms with Crippen LogP contribution in [0, 0.1) is 11.7 Å². The molecule has 8 nitrogen and oxygen atoms in total. The van der Waals surface area contributed by atoms with Crippen molar-refractivity contribution in [3.8, 4) is 0 Å². The maximum absolute atomic E-state index is 13.6. The predicted molar refractivity (Wildman–Crippen MR) is 123 cm³/mol. The van der Waals surface area contributed by atoms with Crippen molar-refractivity contribution in [2.75, 3.05) is 20.1 Å². The Bertz CT molecular complexity index is 860. The van der Waals surface area contributed by atoms with Crippen LogP contribution in [0.3, 0.4) is 0 Å². The lowest BCUT2D eigenvalue weighted by Crippen LogP contribution is -2.77. The molecule has 0 aliphatic carbocycles. The van der Waals surface area contributed by atoms with E-state index in [9.17, 15) is 18.8 Å². The lowest BCUT2D eigenvalue weighted by atomic mass is 9.91. The Kier molecular flexibility index (Phi) is 7.94. The highest BCUT2D eigenvalue weighted by molar-refractivity contribution is 5.91. The fourth-order valence-corrected chi connectivity index (χ4v) is 4.88. The number of hydrazine groups is 1. The third-order valence-corrected chi connectivity index (χ3v) is 6.95. The number of hydrogen-bond acceptors (Lipinski definition) is 4. The fraction of sp³-hybridized carbons (Fsp3) is 0.625. The number of urea groups is 1. The van der Waals surface area contributed by atoms with Gasteiger partial charge in [0.2, 0.25) is 11.8 Å². The molecule has 0 bridgehead atoms. The number of fused-ring (bicyclic) bond motifs is 1.